The number of rotatable bonds is 5. The van der Waals surface area contributed by atoms with E-state index in [0.29, 0.717) is 0 Å². The lowest BCUT2D eigenvalue weighted by Gasteiger charge is -2.21. The van der Waals surface area contributed by atoms with Gasteiger partial charge in [0.2, 0.25) is 0 Å². The number of nitrogens with zero attached hydrogens (tertiary/aromatic N) is 1. The van der Waals surface area contributed by atoms with Gasteiger partial charge in [0.25, 0.3) is 0 Å². The molecule has 2 aromatic rings. The Bertz CT molecular complexity index is 620. The minimum absolute atomic E-state index is 0.163. The molecule has 0 amide bonds. The second kappa shape index (κ2) is 5.71. The van der Waals surface area contributed by atoms with Crippen LogP contribution >= 0.6 is 11.3 Å². The molecule has 3 heteroatoms. The molecule has 1 aliphatic rings. The van der Waals surface area contributed by atoms with Crippen LogP contribution < -0.4 is 5.32 Å². The van der Waals surface area contributed by atoms with E-state index in [1.165, 1.54) is 33.4 Å². The van der Waals surface area contributed by atoms with E-state index in [-0.39, 0.29) is 5.54 Å². The fraction of sp³-hybridized carbons (Fsp3) is 0.556. The van der Waals surface area contributed by atoms with Crippen molar-refractivity contribution in [1.29, 1.82) is 0 Å². The first-order valence-corrected chi connectivity index (χ1v) is 8.70. The van der Waals surface area contributed by atoms with Gasteiger partial charge in [0.05, 0.1) is 0 Å². The molecule has 0 bridgehead atoms. The highest BCUT2D eigenvalue weighted by molar-refractivity contribution is 7.19. The predicted molar refractivity (Wildman–Crippen MR) is 92.9 cm³/mol. The van der Waals surface area contributed by atoms with Crippen molar-refractivity contribution in [2.45, 2.75) is 58.3 Å². The van der Waals surface area contributed by atoms with E-state index in [1.807, 2.05) is 11.3 Å². The van der Waals surface area contributed by atoms with E-state index >= 15 is 0 Å². The number of fused-ring (bicyclic) bond motifs is 1. The van der Waals surface area contributed by atoms with Crippen LogP contribution in [0.3, 0.4) is 0 Å². The van der Waals surface area contributed by atoms with Gasteiger partial charge in [-0.05, 0) is 57.7 Å². The molecular weight excluding hydrogens is 276 g/mol. The summed E-state index contributed by atoms with van der Waals surface area (Å²) in [6.45, 7) is 8.75. The lowest BCUT2D eigenvalue weighted by molar-refractivity contribution is 0.316. The number of thiophene rings is 1. The zero-order valence-electron chi connectivity index (χ0n) is 13.6. The standard InChI is InChI=1S/C18H26N2S/c1-18(2,3)19-11-17-15(12-20(4)13-9-10-13)14-7-5-6-8-16(14)21-17/h5-8,13,19H,9-12H2,1-4H3. The summed E-state index contributed by atoms with van der Waals surface area (Å²) in [6.07, 6.45) is 2.74. The first-order valence-electron chi connectivity index (χ1n) is 7.88. The van der Waals surface area contributed by atoms with Crippen LogP contribution in [0.4, 0.5) is 0 Å². The maximum absolute atomic E-state index is 3.65. The summed E-state index contributed by atoms with van der Waals surface area (Å²) < 4.78 is 1.42. The number of nitrogens with one attached hydrogen (secondary N) is 1. The molecule has 1 fully saturated rings. The van der Waals surface area contributed by atoms with Gasteiger partial charge in [-0.2, -0.15) is 0 Å². The normalized spacial score (nSPS) is 16.0. The zero-order valence-corrected chi connectivity index (χ0v) is 14.4. The summed E-state index contributed by atoms with van der Waals surface area (Å²) in [4.78, 5) is 4.02. The molecule has 1 saturated carbocycles. The molecule has 0 unspecified atom stereocenters. The molecule has 0 aliphatic heterocycles. The molecule has 1 aliphatic carbocycles. The molecule has 114 valence electrons. The van der Waals surface area contributed by atoms with E-state index in [9.17, 15) is 0 Å². The van der Waals surface area contributed by atoms with E-state index in [0.717, 1.165) is 19.1 Å². The first-order chi connectivity index (χ1) is 9.94. The molecule has 2 nitrogen and oxygen atoms in total. The predicted octanol–water partition coefficient (Wildman–Crippen LogP) is 4.38. The third-order valence-corrected chi connectivity index (χ3v) is 5.35. The van der Waals surface area contributed by atoms with Crippen LogP contribution in [0.5, 0.6) is 0 Å². The largest absolute Gasteiger partial charge is 0.307 e. The maximum Gasteiger partial charge on any atom is 0.0349 e. The smallest absolute Gasteiger partial charge is 0.0349 e. The summed E-state index contributed by atoms with van der Waals surface area (Å²) in [5, 5.41) is 5.09. The van der Waals surface area contributed by atoms with Gasteiger partial charge in [0, 0.05) is 34.2 Å². The molecule has 0 saturated heterocycles. The average molecular weight is 302 g/mol. The maximum atomic E-state index is 3.65. The molecule has 3 rings (SSSR count). The Morgan fingerprint density at radius 3 is 2.62 bits per heavy atom. The van der Waals surface area contributed by atoms with Gasteiger partial charge in [-0.25, -0.2) is 0 Å². The second-order valence-electron chi connectivity index (χ2n) is 7.25. The van der Waals surface area contributed by atoms with Crippen molar-refractivity contribution in [2.75, 3.05) is 7.05 Å². The number of hydrogen-bond acceptors (Lipinski definition) is 3. The summed E-state index contributed by atoms with van der Waals surface area (Å²) in [7, 11) is 2.27. The van der Waals surface area contributed by atoms with Crippen molar-refractivity contribution < 1.29 is 0 Å². The Kier molecular flexibility index (Phi) is 4.08. The Labute approximate surface area is 132 Å². The van der Waals surface area contributed by atoms with Crippen LogP contribution in [0.1, 0.15) is 44.1 Å². The highest BCUT2D eigenvalue weighted by Crippen LogP contribution is 2.34. The van der Waals surface area contributed by atoms with E-state index in [2.05, 4.69) is 62.3 Å². The second-order valence-corrected chi connectivity index (χ2v) is 8.39. The van der Waals surface area contributed by atoms with Crippen molar-refractivity contribution >= 4 is 21.4 Å². The van der Waals surface area contributed by atoms with Gasteiger partial charge < -0.3 is 5.32 Å². The molecule has 1 heterocycles. The third-order valence-electron chi connectivity index (χ3n) is 4.14. The summed E-state index contributed by atoms with van der Waals surface area (Å²) in [6, 6.07) is 9.65. The van der Waals surface area contributed by atoms with Crippen LogP contribution in [0.25, 0.3) is 10.1 Å². The van der Waals surface area contributed by atoms with Gasteiger partial charge in [0.15, 0.2) is 0 Å². The molecule has 0 radical (unpaired) electrons. The van der Waals surface area contributed by atoms with Gasteiger partial charge in [0.1, 0.15) is 0 Å². The molecule has 21 heavy (non-hydrogen) atoms. The van der Waals surface area contributed by atoms with Crippen LogP contribution in [0.15, 0.2) is 24.3 Å². The average Bonchev–Trinajstić information content (AvgIpc) is 3.21. The van der Waals surface area contributed by atoms with Crippen LogP contribution in [-0.4, -0.2) is 23.5 Å². The van der Waals surface area contributed by atoms with Crippen LogP contribution in [0.2, 0.25) is 0 Å². The Morgan fingerprint density at radius 2 is 1.95 bits per heavy atom. The van der Waals surface area contributed by atoms with Crippen LogP contribution in [-0.2, 0) is 13.1 Å². The fourth-order valence-corrected chi connectivity index (χ4v) is 3.86. The van der Waals surface area contributed by atoms with Crippen LogP contribution in [0, 0.1) is 0 Å². The Balaban J connectivity index is 1.89. The third kappa shape index (κ3) is 3.65. The summed E-state index contributed by atoms with van der Waals surface area (Å²) >= 11 is 1.95. The molecule has 0 spiro atoms. The van der Waals surface area contributed by atoms with E-state index in [4.69, 9.17) is 0 Å². The van der Waals surface area contributed by atoms with Crippen molar-refractivity contribution in [3.8, 4) is 0 Å². The topological polar surface area (TPSA) is 15.3 Å². The molecule has 0 atom stereocenters. The van der Waals surface area contributed by atoms with Gasteiger partial charge in [-0.3, -0.25) is 4.90 Å². The van der Waals surface area contributed by atoms with E-state index in [1.54, 1.807) is 0 Å². The Hall–Kier alpha value is -0.900. The van der Waals surface area contributed by atoms with Gasteiger partial charge in [-0.1, -0.05) is 18.2 Å². The monoisotopic (exact) mass is 302 g/mol. The number of benzene rings is 1. The van der Waals surface area contributed by atoms with Crippen molar-refractivity contribution in [3.05, 3.63) is 34.7 Å². The number of hydrogen-bond donors (Lipinski definition) is 1. The van der Waals surface area contributed by atoms with Gasteiger partial charge in [-0.15, -0.1) is 11.3 Å². The van der Waals surface area contributed by atoms with Crippen molar-refractivity contribution in [1.82, 2.24) is 10.2 Å². The minimum Gasteiger partial charge on any atom is -0.307 e. The van der Waals surface area contributed by atoms with Gasteiger partial charge >= 0.3 is 0 Å². The van der Waals surface area contributed by atoms with E-state index < -0.39 is 0 Å². The lowest BCUT2D eigenvalue weighted by atomic mass is 10.1. The lowest BCUT2D eigenvalue weighted by Crippen LogP contribution is -2.35. The summed E-state index contributed by atoms with van der Waals surface area (Å²) in [5.41, 5.74) is 1.69. The molecule has 1 aromatic heterocycles. The first kappa shape index (κ1) is 15.0. The quantitative estimate of drug-likeness (QED) is 0.881. The van der Waals surface area contributed by atoms with Crippen molar-refractivity contribution in [3.63, 3.8) is 0 Å². The highest BCUT2D eigenvalue weighted by Gasteiger charge is 2.27. The molecule has 1 N–H and O–H groups in total. The zero-order chi connectivity index (χ0) is 15.0. The fourth-order valence-electron chi connectivity index (χ4n) is 2.70. The molecule has 1 aromatic carbocycles. The van der Waals surface area contributed by atoms with Crippen molar-refractivity contribution in [2.24, 2.45) is 0 Å². The SMILES string of the molecule is CN(Cc1c(CNC(C)(C)C)sc2ccccc12)C1CC1. The summed E-state index contributed by atoms with van der Waals surface area (Å²) in [5.74, 6) is 0. The minimum atomic E-state index is 0.163. The highest BCUT2D eigenvalue weighted by atomic mass is 32.1. The Morgan fingerprint density at radius 1 is 1.24 bits per heavy atom. The molecular formula is C18H26N2S.